The molecule has 0 aliphatic carbocycles. The fraction of sp³-hybridized carbons (Fsp3) is 0.417. The second-order valence-electron chi connectivity index (χ2n) is 23.7. The van der Waals surface area contributed by atoms with Crippen molar-refractivity contribution >= 4 is 35.4 Å². The maximum Gasteiger partial charge on any atom is 0.251 e. The fourth-order valence-corrected chi connectivity index (χ4v) is 10.1. The molecule has 0 fully saturated rings. The van der Waals surface area contributed by atoms with Crippen LogP contribution in [0.3, 0.4) is 0 Å². The lowest BCUT2D eigenvalue weighted by Crippen LogP contribution is -2.48. The Hall–Kier alpha value is -8.02. The van der Waals surface area contributed by atoms with Crippen LogP contribution in [0.2, 0.25) is 0 Å². The summed E-state index contributed by atoms with van der Waals surface area (Å²) in [6.45, 7) is 33.1. The summed E-state index contributed by atoms with van der Waals surface area (Å²) >= 11 is 0. The van der Waals surface area contributed by atoms with Gasteiger partial charge in [0, 0.05) is 151 Å². The Bertz CT molecular complexity index is 2820. The van der Waals surface area contributed by atoms with Crippen molar-refractivity contribution in [3.05, 3.63) is 209 Å². The number of rotatable bonds is 33. The van der Waals surface area contributed by atoms with E-state index >= 15 is 0 Å². The van der Waals surface area contributed by atoms with Crippen LogP contribution in [-0.2, 0) is 0 Å². The van der Waals surface area contributed by atoms with E-state index in [1.54, 1.807) is 0 Å². The highest BCUT2D eigenvalue weighted by molar-refractivity contribution is 5.97. The van der Waals surface area contributed by atoms with Gasteiger partial charge in [0.15, 0.2) is 0 Å². The van der Waals surface area contributed by atoms with E-state index in [-0.39, 0.29) is 35.4 Å². The van der Waals surface area contributed by atoms with Crippen LogP contribution in [0.25, 0.3) is 0 Å². The van der Waals surface area contributed by atoms with E-state index in [1.807, 2.05) is 192 Å². The van der Waals surface area contributed by atoms with Gasteiger partial charge in [-0.05, 0) is 223 Å². The van der Waals surface area contributed by atoms with Crippen molar-refractivity contribution in [3.63, 3.8) is 0 Å². The molecule has 6 aromatic rings. The van der Waals surface area contributed by atoms with Crippen LogP contribution in [-0.4, -0.2) is 173 Å². The number of nitrogens with one attached hydrogen (secondary N) is 6. The maximum absolute atomic E-state index is 13.5. The number of amides is 6. The van der Waals surface area contributed by atoms with Gasteiger partial charge in [-0.15, -0.1) is 0 Å². The quantitative estimate of drug-likeness (QED) is 0.0233. The SMILES string of the molecule is Cc1ccc(C(=O)NCCN(CCNC(=O)c2ccc(C)c(C)c2)CCN(CCN(CCNC(=O)c2ccc(C)c(C)c2)CCNC(=O)c2ccc(C)c(C)c2)CCN(CCNC(=O)c2ccc(C)c(C)c2)CCNC(=O)c2ccc(C)c(C)c2)cc1C. The molecule has 6 aromatic carbocycles. The van der Waals surface area contributed by atoms with Gasteiger partial charge in [-0.1, -0.05) is 36.4 Å². The third-order valence-corrected chi connectivity index (χ3v) is 17.1. The average Bonchev–Trinajstić information content (AvgIpc) is 3.67. The molecule has 0 spiro atoms. The van der Waals surface area contributed by atoms with E-state index in [0.717, 1.165) is 66.8 Å². The van der Waals surface area contributed by atoms with Gasteiger partial charge in [0.2, 0.25) is 0 Å². The third-order valence-electron chi connectivity index (χ3n) is 17.1. The summed E-state index contributed by atoms with van der Waals surface area (Å²) in [5.74, 6) is -0.925. The molecular formula is C72H96N10O6. The van der Waals surface area contributed by atoms with Crippen LogP contribution in [0.1, 0.15) is 129 Å². The number of benzene rings is 6. The molecule has 0 unspecified atom stereocenters. The molecule has 470 valence electrons. The molecule has 16 nitrogen and oxygen atoms in total. The van der Waals surface area contributed by atoms with E-state index in [2.05, 4.69) is 51.5 Å². The second kappa shape index (κ2) is 34.5. The molecule has 6 N–H and O–H groups in total. The van der Waals surface area contributed by atoms with Crippen LogP contribution in [0, 0.1) is 83.1 Å². The number of aryl methyl sites for hydroxylation is 12. The van der Waals surface area contributed by atoms with E-state index in [4.69, 9.17) is 0 Å². The number of carbonyl (C=O) groups is 6. The minimum atomic E-state index is -0.154. The first-order valence-corrected chi connectivity index (χ1v) is 31.1. The maximum atomic E-state index is 13.5. The number of nitrogens with zero attached hydrogens (tertiary/aromatic N) is 4. The molecule has 0 aliphatic heterocycles. The molecule has 0 atom stereocenters. The number of hydrogen-bond donors (Lipinski definition) is 6. The summed E-state index contributed by atoms with van der Waals surface area (Å²) in [6, 6.07) is 34.3. The van der Waals surface area contributed by atoms with Gasteiger partial charge in [0.05, 0.1) is 0 Å². The highest BCUT2D eigenvalue weighted by atomic mass is 16.2. The summed E-state index contributed by atoms with van der Waals surface area (Å²) in [5, 5.41) is 18.8. The Labute approximate surface area is 523 Å². The summed E-state index contributed by atoms with van der Waals surface area (Å²) < 4.78 is 0. The Kier molecular flexibility index (Phi) is 27.1. The zero-order valence-electron chi connectivity index (χ0n) is 54.4. The lowest BCUT2D eigenvalue weighted by molar-refractivity contribution is 0.0933. The fourth-order valence-electron chi connectivity index (χ4n) is 10.1. The van der Waals surface area contributed by atoms with E-state index in [0.29, 0.717) is 151 Å². The van der Waals surface area contributed by atoms with E-state index in [9.17, 15) is 28.8 Å². The molecule has 88 heavy (non-hydrogen) atoms. The van der Waals surface area contributed by atoms with Gasteiger partial charge in [-0.25, -0.2) is 0 Å². The predicted octanol–water partition coefficient (Wildman–Crippen LogP) is 8.48. The molecule has 6 amide bonds. The standard InChI is InChI=1S/C72H96N10O6/c1-49-13-19-61(43-55(49)7)67(83)73-25-31-79(32-26-74-68(84)62-20-14-50(2)56(8)44-62)37-40-82(41-38-80(33-27-75-69(85)63-21-15-51(3)57(9)45-63)34-28-76-70(86)64-22-16-52(4)58(10)46-64)42-39-81(35-29-77-71(87)65-23-17-53(5)59(11)47-65)36-30-78-72(88)66-24-18-54(6)60(12)48-66/h13-24,43-48H,25-42H2,1-12H3,(H,73,83)(H,74,84)(H,75,85)(H,76,86)(H,77,87)(H,78,88). The Balaban J connectivity index is 1.24. The molecule has 0 saturated carbocycles. The van der Waals surface area contributed by atoms with Crippen molar-refractivity contribution in [1.29, 1.82) is 0 Å². The van der Waals surface area contributed by atoms with Crippen LogP contribution < -0.4 is 31.9 Å². The van der Waals surface area contributed by atoms with E-state index in [1.165, 1.54) is 0 Å². The van der Waals surface area contributed by atoms with Crippen LogP contribution in [0.5, 0.6) is 0 Å². The minimum absolute atomic E-state index is 0.154. The summed E-state index contributed by atoms with van der Waals surface area (Å²) in [6.07, 6.45) is 0. The molecule has 0 bridgehead atoms. The smallest absolute Gasteiger partial charge is 0.251 e. The van der Waals surface area contributed by atoms with Gasteiger partial charge < -0.3 is 31.9 Å². The van der Waals surface area contributed by atoms with Crippen LogP contribution in [0.4, 0.5) is 0 Å². The van der Waals surface area contributed by atoms with Crippen molar-refractivity contribution < 1.29 is 28.8 Å². The molecule has 6 rings (SSSR count). The van der Waals surface area contributed by atoms with Gasteiger partial charge in [-0.3, -0.25) is 48.4 Å². The Morgan fingerprint density at radius 1 is 0.216 bits per heavy atom. The number of carbonyl (C=O) groups excluding carboxylic acids is 6. The second-order valence-corrected chi connectivity index (χ2v) is 23.7. The highest BCUT2D eigenvalue weighted by Crippen LogP contribution is 2.15. The van der Waals surface area contributed by atoms with Gasteiger partial charge >= 0.3 is 0 Å². The molecule has 0 radical (unpaired) electrons. The summed E-state index contributed by atoms with van der Waals surface area (Å²) in [7, 11) is 0. The molecular weight excluding hydrogens is 1100 g/mol. The third kappa shape index (κ3) is 22.0. The van der Waals surface area contributed by atoms with Crippen molar-refractivity contribution in [2.45, 2.75) is 83.1 Å². The zero-order chi connectivity index (χ0) is 63.9. The van der Waals surface area contributed by atoms with Crippen molar-refractivity contribution in [2.24, 2.45) is 0 Å². The molecule has 0 heterocycles. The van der Waals surface area contributed by atoms with E-state index < -0.39 is 0 Å². The first-order valence-electron chi connectivity index (χ1n) is 31.1. The monoisotopic (exact) mass is 1200 g/mol. The molecule has 0 saturated heterocycles. The largest absolute Gasteiger partial charge is 0.351 e. The van der Waals surface area contributed by atoms with Gasteiger partial charge in [0.1, 0.15) is 0 Å². The van der Waals surface area contributed by atoms with Crippen molar-refractivity contribution in [1.82, 2.24) is 51.5 Å². The first-order chi connectivity index (χ1) is 42.0. The predicted molar refractivity (Wildman–Crippen MR) is 355 cm³/mol. The molecule has 16 heteroatoms. The molecule has 0 aliphatic rings. The van der Waals surface area contributed by atoms with Crippen LogP contribution in [0.15, 0.2) is 109 Å². The topological polar surface area (TPSA) is 188 Å². The highest BCUT2D eigenvalue weighted by Gasteiger charge is 2.19. The average molecular weight is 1200 g/mol. The summed E-state index contributed by atoms with van der Waals surface area (Å²) in [4.78, 5) is 90.2. The normalized spacial score (nSPS) is 11.3. The van der Waals surface area contributed by atoms with Crippen molar-refractivity contribution in [2.75, 3.05) is 118 Å². The lowest BCUT2D eigenvalue weighted by atomic mass is 10.1. The van der Waals surface area contributed by atoms with Gasteiger partial charge in [0.25, 0.3) is 35.4 Å². The minimum Gasteiger partial charge on any atom is -0.351 e. The number of hydrogen-bond acceptors (Lipinski definition) is 10. The summed E-state index contributed by atoms with van der Waals surface area (Å²) in [5.41, 5.74) is 16.5. The Morgan fingerprint density at radius 3 is 0.489 bits per heavy atom. The first kappa shape index (κ1) is 69.1. The van der Waals surface area contributed by atoms with Gasteiger partial charge in [-0.2, -0.15) is 0 Å². The Morgan fingerprint density at radius 2 is 0.352 bits per heavy atom. The lowest BCUT2D eigenvalue weighted by Gasteiger charge is -2.32. The molecule has 0 aromatic heterocycles. The zero-order valence-corrected chi connectivity index (χ0v) is 54.4. The van der Waals surface area contributed by atoms with Crippen LogP contribution >= 0.6 is 0 Å². The van der Waals surface area contributed by atoms with Crippen molar-refractivity contribution in [3.8, 4) is 0 Å².